The van der Waals surface area contributed by atoms with Crippen molar-refractivity contribution in [3.8, 4) is 5.75 Å². The maximum atomic E-state index is 13.2. The smallest absolute Gasteiger partial charge is 0.416 e. The van der Waals surface area contributed by atoms with E-state index in [1.807, 2.05) is 21.6 Å². The zero-order chi connectivity index (χ0) is 31.4. The first-order valence-electron chi connectivity index (χ1n) is 14.1. The second-order valence-corrected chi connectivity index (χ2v) is 11.9. The van der Waals surface area contributed by atoms with Gasteiger partial charge in [-0.2, -0.15) is 13.2 Å². The molecule has 0 radical (unpaired) electrons. The Morgan fingerprint density at radius 3 is 2.41 bits per heavy atom. The highest BCUT2D eigenvalue weighted by molar-refractivity contribution is 7.99. The van der Waals surface area contributed by atoms with E-state index in [0.717, 1.165) is 12.1 Å². The van der Waals surface area contributed by atoms with Crippen molar-refractivity contribution in [2.45, 2.75) is 24.3 Å². The van der Waals surface area contributed by atoms with E-state index in [-0.39, 0.29) is 28.8 Å². The lowest BCUT2D eigenvalue weighted by Crippen LogP contribution is -2.54. The van der Waals surface area contributed by atoms with Crippen LogP contribution in [0.25, 0.3) is 0 Å². The van der Waals surface area contributed by atoms with Crippen molar-refractivity contribution < 1.29 is 27.5 Å². The topological polar surface area (TPSA) is 82.1 Å². The van der Waals surface area contributed by atoms with Gasteiger partial charge in [0, 0.05) is 69.2 Å². The summed E-state index contributed by atoms with van der Waals surface area (Å²) in [6.07, 6.45) is -4.41. The molecule has 2 amide bonds. The molecule has 2 aliphatic heterocycles. The van der Waals surface area contributed by atoms with Crippen molar-refractivity contribution in [3.63, 3.8) is 0 Å². The summed E-state index contributed by atoms with van der Waals surface area (Å²) in [5.74, 6) is 1.17. The van der Waals surface area contributed by atoms with Crippen molar-refractivity contribution in [3.05, 3.63) is 70.9 Å². The second-order valence-electron chi connectivity index (χ2n) is 10.6. The third-order valence-corrected chi connectivity index (χ3v) is 8.71. The highest BCUT2D eigenvalue weighted by Gasteiger charge is 2.32. The minimum absolute atomic E-state index is 0.0674. The summed E-state index contributed by atoms with van der Waals surface area (Å²) in [6, 6.07) is 13.9. The summed E-state index contributed by atoms with van der Waals surface area (Å²) >= 11 is 7.52. The van der Waals surface area contributed by atoms with Crippen LogP contribution < -0.4 is 14.5 Å². The van der Waals surface area contributed by atoms with Crippen LogP contribution in [-0.2, 0) is 11.0 Å². The molecule has 5 rings (SSSR count). The Bertz CT molecular complexity index is 1500. The number of aromatic nitrogens is 2. The molecule has 2 aliphatic rings. The minimum atomic E-state index is -4.41. The van der Waals surface area contributed by atoms with Crippen LogP contribution in [0, 0.1) is 0 Å². The van der Waals surface area contributed by atoms with Gasteiger partial charge in [-0.15, -0.1) is 0 Å². The fraction of sp³-hybridized carbons (Fsp3) is 0.400. The number of hydrogen-bond acceptors (Lipinski definition) is 8. The van der Waals surface area contributed by atoms with E-state index in [1.165, 1.54) is 17.8 Å². The fourth-order valence-corrected chi connectivity index (χ4v) is 6.30. The number of thioether (sulfide) groups is 1. The number of carbonyl (C=O) groups is 2. The number of hydrogen-bond donors (Lipinski definition) is 0. The molecule has 1 atom stereocenters. The molecule has 2 aromatic carbocycles. The molecule has 0 bridgehead atoms. The minimum Gasteiger partial charge on any atom is -0.497 e. The van der Waals surface area contributed by atoms with Crippen molar-refractivity contribution in [2.75, 3.05) is 68.5 Å². The van der Waals surface area contributed by atoms with E-state index < -0.39 is 11.7 Å². The Morgan fingerprint density at radius 1 is 0.977 bits per heavy atom. The zero-order valence-corrected chi connectivity index (χ0v) is 25.8. The summed E-state index contributed by atoms with van der Waals surface area (Å²) in [5.41, 5.74) is 0.361. The van der Waals surface area contributed by atoms with E-state index in [4.69, 9.17) is 16.3 Å². The number of nitrogens with zero attached hydrogens (tertiary/aromatic N) is 6. The van der Waals surface area contributed by atoms with E-state index in [0.29, 0.717) is 73.8 Å². The lowest BCUT2D eigenvalue weighted by molar-refractivity contribution is -0.137. The molecule has 0 saturated carbocycles. The maximum absolute atomic E-state index is 13.2. The number of alkyl halides is 3. The van der Waals surface area contributed by atoms with Gasteiger partial charge < -0.3 is 24.3 Å². The van der Waals surface area contributed by atoms with Crippen LogP contribution in [-0.4, -0.2) is 96.3 Å². The quantitative estimate of drug-likeness (QED) is 0.202. The van der Waals surface area contributed by atoms with Gasteiger partial charge in [0.25, 0.3) is 5.91 Å². The molecular formula is C30H32ClF3N6O3S. The second kappa shape index (κ2) is 13.5. The fourth-order valence-electron chi connectivity index (χ4n) is 5.31. The molecule has 44 heavy (non-hydrogen) atoms. The number of piperazine rings is 2. The molecule has 3 heterocycles. The van der Waals surface area contributed by atoms with Crippen LogP contribution >= 0.6 is 23.4 Å². The Hall–Kier alpha value is -3.71. The Balaban J connectivity index is 1.14. The van der Waals surface area contributed by atoms with E-state index in [2.05, 4.69) is 9.97 Å². The molecule has 1 aromatic heterocycles. The maximum Gasteiger partial charge on any atom is 0.416 e. The Kier molecular flexibility index (Phi) is 9.74. The van der Waals surface area contributed by atoms with E-state index >= 15 is 0 Å². The van der Waals surface area contributed by atoms with Crippen LogP contribution in [0.5, 0.6) is 5.75 Å². The number of ether oxygens (including phenoxy) is 1. The van der Waals surface area contributed by atoms with Crippen molar-refractivity contribution in [2.24, 2.45) is 0 Å². The van der Waals surface area contributed by atoms with E-state index in [1.54, 1.807) is 48.4 Å². The SMILES string of the molecule is COc1cccc(C(=O)N2CCN(c3cc(Cl)nc(SCC(=O)N4CCN(c5cccc(C(F)(F)F)c5)CC4)n3)CC2C)c1. The number of methoxy groups -OCH3 is 1. The van der Waals surface area contributed by atoms with Gasteiger partial charge in [0.1, 0.15) is 16.7 Å². The van der Waals surface area contributed by atoms with Gasteiger partial charge >= 0.3 is 6.18 Å². The molecule has 14 heteroatoms. The highest BCUT2D eigenvalue weighted by atomic mass is 35.5. The van der Waals surface area contributed by atoms with Gasteiger partial charge in [-0.3, -0.25) is 9.59 Å². The lowest BCUT2D eigenvalue weighted by atomic mass is 10.1. The predicted octanol–water partition coefficient (Wildman–Crippen LogP) is 4.95. The third kappa shape index (κ3) is 7.49. The highest BCUT2D eigenvalue weighted by Crippen LogP contribution is 2.32. The number of anilines is 2. The van der Waals surface area contributed by atoms with Crippen LogP contribution in [0.2, 0.25) is 5.15 Å². The van der Waals surface area contributed by atoms with Crippen LogP contribution in [0.4, 0.5) is 24.7 Å². The van der Waals surface area contributed by atoms with E-state index in [9.17, 15) is 22.8 Å². The zero-order valence-electron chi connectivity index (χ0n) is 24.3. The molecule has 1 unspecified atom stereocenters. The average molecular weight is 649 g/mol. The summed E-state index contributed by atoms with van der Waals surface area (Å²) in [7, 11) is 1.56. The number of amides is 2. The van der Waals surface area contributed by atoms with Gasteiger partial charge in [0.2, 0.25) is 5.91 Å². The molecule has 3 aromatic rings. The normalized spacial score (nSPS) is 17.5. The van der Waals surface area contributed by atoms with Gasteiger partial charge in [0.05, 0.1) is 18.4 Å². The largest absolute Gasteiger partial charge is 0.497 e. The first-order chi connectivity index (χ1) is 21.0. The average Bonchev–Trinajstić information content (AvgIpc) is 3.02. The molecule has 2 saturated heterocycles. The number of halogens is 4. The predicted molar refractivity (Wildman–Crippen MR) is 164 cm³/mol. The van der Waals surface area contributed by atoms with Crippen LogP contribution in [0.15, 0.2) is 59.8 Å². The number of carbonyl (C=O) groups excluding carboxylic acids is 2. The van der Waals surface area contributed by atoms with Crippen LogP contribution in [0.3, 0.4) is 0 Å². The summed E-state index contributed by atoms with van der Waals surface area (Å²) < 4.78 is 44.6. The number of rotatable bonds is 7. The molecule has 234 valence electrons. The first-order valence-corrected chi connectivity index (χ1v) is 15.5. The van der Waals surface area contributed by atoms with Crippen molar-refractivity contribution >= 4 is 46.7 Å². The van der Waals surface area contributed by atoms with Crippen molar-refractivity contribution in [1.82, 2.24) is 19.8 Å². The van der Waals surface area contributed by atoms with Gasteiger partial charge in [-0.05, 0) is 43.3 Å². The van der Waals surface area contributed by atoms with Gasteiger partial charge in [-0.1, -0.05) is 35.5 Å². The summed E-state index contributed by atoms with van der Waals surface area (Å²) in [6.45, 7) is 5.22. The van der Waals surface area contributed by atoms with Gasteiger partial charge in [0.15, 0.2) is 5.16 Å². The third-order valence-electron chi connectivity index (χ3n) is 7.69. The van der Waals surface area contributed by atoms with Crippen molar-refractivity contribution in [1.29, 1.82) is 0 Å². The monoisotopic (exact) mass is 648 g/mol. The molecular weight excluding hydrogens is 617 g/mol. The van der Waals surface area contributed by atoms with Gasteiger partial charge in [-0.25, -0.2) is 9.97 Å². The first kappa shape index (κ1) is 31.7. The lowest BCUT2D eigenvalue weighted by Gasteiger charge is -2.40. The molecule has 9 nitrogen and oxygen atoms in total. The molecule has 0 N–H and O–H groups in total. The Morgan fingerprint density at radius 2 is 1.70 bits per heavy atom. The van der Waals surface area contributed by atoms with Crippen LogP contribution in [0.1, 0.15) is 22.8 Å². The standard InChI is InChI=1S/C30H32ClF3N6O3S/c1-20-18-39(13-14-40(20)28(42)21-5-3-8-24(15-21)43-2)26-17-25(31)35-29(36-26)44-19-27(41)38-11-9-37(10-12-38)23-7-4-6-22(16-23)30(32,33)34/h3-8,15-17,20H,9-14,18-19H2,1-2H3. The molecule has 2 fully saturated rings. The summed E-state index contributed by atoms with van der Waals surface area (Å²) in [4.78, 5) is 42.5. The summed E-state index contributed by atoms with van der Waals surface area (Å²) in [5, 5.41) is 0.619. The molecule has 0 spiro atoms. The Labute approximate surface area is 262 Å². The molecule has 0 aliphatic carbocycles. The number of benzene rings is 2.